The minimum atomic E-state index is -0.158. The molecule has 0 spiro atoms. The fraction of sp³-hybridized carbons (Fsp3) is 0.150. The maximum absolute atomic E-state index is 12.4. The van der Waals surface area contributed by atoms with Gasteiger partial charge in [0, 0.05) is 36.1 Å². The van der Waals surface area contributed by atoms with Crippen LogP contribution in [0.4, 0.5) is 0 Å². The Morgan fingerprint density at radius 3 is 2.62 bits per heavy atom. The van der Waals surface area contributed by atoms with Crippen molar-refractivity contribution in [3.8, 4) is 22.9 Å². The van der Waals surface area contributed by atoms with Crippen LogP contribution in [0, 0.1) is 0 Å². The highest BCUT2D eigenvalue weighted by atomic mass is 16.5. The Bertz CT molecular complexity index is 878. The van der Waals surface area contributed by atoms with Crippen LogP contribution in [0.3, 0.4) is 0 Å². The number of nitrogens with zero attached hydrogens (tertiary/aromatic N) is 2. The molecule has 1 amide bonds. The van der Waals surface area contributed by atoms with Crippen LogP contribution < -0.4 is 10.1 Å². The van der Waals surface area contributed by atoms with Crippen molar-refractivity contribution in [1.29, 1.82) is 0 Å². The zero-order chi connectivity index (χ0) is 18.4. The van der Waals surface area contributed by atoms with Gasteiger partial charge in [0.05, 0.1) is 12.8 Å². The third-order valence-electron chi connectivity index (χ3n) is 3.90. The van der Waals surface area contributed by atoms with E-state index in [2.05, 4.69) is 15.3 Å². The summed E-state index contributed by atoms with van der Waals surface area (Å²) < 4.78 is 5.04. The van der Waals surface area contributed by atoms with Gasteiger partial charge in [0.15, 0.2) is 0 Å². The highest BCUT2D eigenvalue weighted by Gasteiger charge is 2.08. The molecule has 6 heteroatoms. The van der Waals surface area contributed by atoms with Crippen molar-refractivity contribution in [3.05, 3.63) is 72.1 Å². The maximum Gasteiger partial charge on any atom is 0.251 e. The smallest absolute Gasteiger partial charge is 0.251 e. The average molecular weight is 349 g/mol. The largest absolute Gasteiger partial charge is 0.508 e. The van der Waals surface area contributed by atoms with Crippen molar-refractivity contribution in [2.45, 2.75) is 6.42 Å². The molecule has 0 fully saturated rings. The Morgan fingerprint density at radius 2 is 1.92 bits per heavy atom. The van der Waals surface area contributed by atoms with Crippen molar-refractivity contribution in [2.75, 3.05) is 13.7 Å². The molecule has 3 rings (SSSR count). The first-order valence-electron chi connectivity index (χ1n) is 8.18. The number of benzene rings is 1. The SMILES string of the molecule is COc1ccc(-c2cc(C(=O)NCCc3ccc(O)cc3)ccn2)cn1. The van der Waals surface area contributed by atoms with Gasteiger partial charge in [-0.25, -0.2) is 4.98 Å². The van der Waals surface area contributed by atoms with E-state index in [4.69, 9.17) is 4.74 Å². The van der Waals surface area contributed by atoms with Gasteiger partial charge in [0.1, 0.15) is 5.75 Å². The molecular weight excluding hydrogens is 330 g/mol. The lowest BCUT2D eigenvalue weighted by molar-refractivity contribution is 0.0954. The van der Waals surface area contributed by atoms with Crippen molar-refractivity contribution in [3.63, 3.8) is 0 Å². The van der Waals surface area contributed by atoms with Gasteiger partial charge in [-0.3, -0.25) is 9.78 Å². The number of phenolic OH excluding ortho intramolecular Hbond substituents is 1. The molecule has 0 radical (unpaired) electrons. The summed E-state index contributed by atoms with van der Waals surface area (Å²) in [6.45, 7) is 0.505. The molecule has 0 saturated heterocycles. The Hall–Kier alpha value is -3.41. The topological polar surface area (TPSA) is 84.3 Å². The summed E-state index contributed by atoms with van der Waals surface area (Å²) in [6.07, 6.45) is 3.95. The van der Waals surface area contributed by atoms with E-state index < -0.39 is 0 Å². The molecule has 2 heterocycles. The molecule has 26 heavy (non-hydrogen) atoms. The zero-order valence-electron chi connectivity index (χ0n) is 14.3. The molecule has 132 valence electrons. The van der Waals surface area contributed by atoms with E-state index in [-0.39, 0.29) is 11.7 Å². The molecule has 0 aliphatic rings. The van der Waals surface area contributed by atoms with Crippen LogP contribution in [-0.2, 0) is 6.42 Å². The lowest BCUT2D eigenvalue weighted by Gasteiger charge is -2.07. The predicted molar refractivity (Wildman–Crippen MR) is 98.2 cm³/mol. The van der Waals surface area contributed by atoms with E-state index in [1.807, 2.05) is 18.2 Å². The molecule has 0 saturated carbocycles. The number of carbonyl (C=O) groups excluding carboxylic acids is 1. The Labute approximate surface area is 151 Å². The molecule has 0 aliphatic heterocycles. The molecule has 1 aromatic carbocycles. The van der Waals surface area contributed by atoms with E-state index in [1.54, 1.807) is 49.8 Å². The first-order valence-corrected chi connectivity index (χ1v) is 8.18. The number of aromatic nitrogens is 2. The monoisotopic (exact) mass is 349 g/mol. The first-order chi connectivity index (χ1) is 12.7. The molecule has 0 atom stereocenters. The Kier molecular flexibility index (Phi) is 5.43. The third kappa shape index (κ3) is 4.36. The van der Waals surface area contributed by atoms with Crippen molar-refractivity contribution in [2.24, 2.45) is 0 Å². The summed E-state index contributed by atoms with van der Waals surface area (Å²) in [7, 11) is 1.56. The standard InChI is InChI=1S/C20H19N3O3/c1-26-19-7-4-16(13-23-19)18-12-15(9-11-21-18)20(25)22-10-8-14-2-5-17(24)6-3-14/h2-7,9,11-13,24H,8,10H2,1H3,(H,22,25). The maximum atomic E-state index is 12.4. The van der Waals surface area contributed by atoms with Crippen molar-refractivity contribution >= 4 is 5.91 Å². The summed E-state index contributed by atoms with van der Waals surface area (Å²) in [6, 6.07) is 14.0. The normalized spacial score (nSPS) is 10.3. The second-order valence-corrected chi connectivity index (χ2v) is 5.69. The fourth-order valence-corrected chi connectivity index (χ4v) is 2.47. The fourth-order valence-electron chi connectivity index (χ4n) is 2.47. The van der Waals surface area contributed by atoms with Crippen LogP contribution in [0.2, 0.25) is 0 Å². The van der Waals surface area contributed by atoms with E-state index in [0.29, 0.717) is 30.1 Å². The molecule has 6 nitrogen and oxygen atoms in total. The van der Waals surface area contributed by atoms with Gasteiger partial charge < -0.3 is 15.2 Å². The molecule has 2 aromatic heterocycles. The molecule has 3 aromatic rings. The van der Waals surface area contributed by atoms with Crippen LogP contribution in [0.25, 0.3) is 11.3 Å². The molecule has 0 unspecified atom stereocenters. The third-order valence-corrected chi connectivity index (χ3v) is 3.90. The predicted octanol–water partition coefficient (Wildman–Crippen LogP) is 2.83. The molecular formula is C20H19N3O3. The van der Waals surface area contributed by atoms with Crippen molar-refractivity contribution in [1.82, 2.24) is 15.3 Å². The summed E-state index contributed by atoms with van der Waals surface area (Å²) >= 11 is 0. The number of aromatic hydroxyl groups is 1. The summed E-state index contributed by atoms with van der Waals surface area (Å²) in [5, 5.41) is 12.2. The Morgan fingerprint density at radius 1 is 1.12 bits per heavy atom. The lowest BCUT2D eigenvalue weighted by atomic mass is 10.1. The minimum absolute atomic E-state index is 0.158. The van der Waals surface area contributed by atoms with Crippen LogP contribution in [0.15, 0.2) is 60.9 Å². The number of hydrogen-bond acceptors (Lipinski definition) is 5. The number of pyridine rings is 2. The van der Waals surface area contributed by atoms with Crippen molar-refractivity contribution < 1.29 is 14.6 Å². The highest BCUT2D eigenvalue weighted by molar-refractivity contribution is 5.95. The van der Waals surface area contributed by atoms with E-state index in [9.17, 15) is 9.90 Å². The number of hydrogen-bond donors (Lipinski definition) is 2. The molecule has 0 bridgehead atoms. The van der Waals surface area contributed by atoms with Gasteiger partial charge in [-0.15, -0.1) is 0 Å². The van der Waals surface area contributed by atoms with Gasteiger partial charge in [-0.05, 0) is 42.3 Å². The first kappa shape index (κ1) is 17.4. The number of nitrogens with one attached hydrogen (secondary N) is 1. The number of phenols is 1. The van der Waals surface area contributed by atoms with Gasteiger partial charge in [-0.2, -0.15) is 0 Å². The highest BCUT2D eigenvalue weighted by Crippen LogP contribution is 2.19. The molecule has 2 N–H and O–H groups in total. The van der Waals surface area contributed by atoms with E-state index in [0.717, 1.165) is 11.1 Å². The molecule has 0 aliphatic carbocycles. The lowest BCUT2D eigenvalue weighted by Crippen LogP contribution is -2.25. The number of rotatable bonds is 6. The number of amides is 1. The number of carbonyl (C=O) groups is 1. The summed E-state index contributed by atoms with van der Waals surface area (Å²) in [5.41, 5.74) is 3.07. The van der Waals surface area contributed by atoms with E-state index in [1.165, 1.54) is 0 Å². The van der Waals surface area contributed by atoms with Crippen LogP contribution in [0.5, 0.6) is 11.6 Å². The van der Waals surface area contributed by atoms with Gasteiger partial charge in [0.2, 0.25) is 5.88 Å². The Balaban J connectivity index is 1.63. The van der Waals surface area contributed by atoms with E-state index >= 15 is 0 Å². The van der Waals surface area contributed by atoms with Gasteiger partial charge >= 0.3 is 0 Å². The number of ether oxygens (including phenoxy) is 1. The van der Waals surface area contributed by atoms with Gasteiger partial charge in [-0.1, -0.05) is 12.1 Å². The van der Waals surface area contributed by atoms with Gasteiger partial charge in [0.25, 0.3) is 5.91 Å². The van der Waals surface area contributed by atoms with Crippen LogP contribution >= 0.6 is 0 Å². The summed E-state index contributed by atoms with van der Waals surface area (Å²) in [5.74, 6) is 0.598. The zero-order valence-corrected chi connectivity index (χ0v) is 14.3. The quantitative estimate of drug-likeness (QED) is 0.715. The van der Waals surface area contributed by atoms with Crippen LogP contribution in [0.1, 0.15) is 15.9 Å². The average Bonchev–Trinajstić information content (AvgIpc) is 2.69. The summed E-state index contributed by atoms with van der Waals surface area (Å²) in [4.78, 5) is 20.8. The second kappa shape index (κ2) is 8.11. The van der Waals surface area contributed by atoms with Crippen LogP contribution in [-0.4, -0.2) is 34.6 Å². The number of methoxy groups -OCH3 is 1. The second-order valence-electron chi connectivity index (χ2n) is 5.69. The minimum Gasteiger partial charge on any atom is -0.508 e.